The molecule has 17 heavy (non-hydrogen) atoms. The van der Waals surface area contributed by atoms with Gasteiger partial charge in [-0.2, -0.15) is 0 Å². The molecule has 90 valence electrons. The van der Waals surface area contributed by atoms with Crippen molar-refractivity contribution in [3.8, 4) is 0 Å². The molecule has 2 nitrogen and oxygen atoms in total. The molecule has 1 aromatic heterocycles. The first-order valence-corrected chi connectivity index (χ1v) is 5.86. The van der Waals surface area contributed by atoms with Crippen LogP contribution in [0, 0.1) is 11.7 Å². The number of rotatable bonds is 2. The normalized spacial score (nSPS) is 11.4. The molecule has 1 aromatic carbocycles. The fourth-order valence-corrected chi connectivity index (χ4v) is 2.14. The molecule has 2 aromatic rings. The maximum absolute atomic E-state index is 13.6. The van der Waals surface area contributed by atoms with Crippen LogP contribution < -0.4 is 5.43 Å². The average molecular weight is 254 g/mol. The lowest BCUT2D eigenvalue weighted by atomic mass is 10.1. The maximum Gasteiger partial charge on any atom is 0.191 e. The van der Waals surface area contributed by atoms with Gasteiger partial charge in [0.1, 0.15) is 5.82 Å². The fraction of sp³-hybridized carbons (Fsp3) is 0.308. The lowest BCUT2D eigenvalue weighted by Gasteiger charge is -2.08. The van der Waals surface area contributed by atoms with E-state index in [9.17, 15) is 9.18 Å². The van der Waals surface area contributed by atoms with Gasteiger partial charge in [0.05, 0.1) is 15.9 Å². The monoisotopic (exact) mass is 253 g/mol. The highest BCUT2D eigenvalue weighted by atomic mass is 35.5. The van der Waals surface area contributed by atoms with Gasteiger partial charge in [-0.15, -0.1) is 0 Å². The Morgan fingerprint density at radius 1 is 1.41 bits per heavy atom. The Morgan fingerprint density at radius 2 is 2.12 bits per heavy atom. The summed E-state index contributed by atoms with van der Waals surface area (Å²) < 4.78 is 13.6. The van der Waals surface area contributed by atoms with Gasteiger partial charge in [-0.05, 0) is 24.5 Å². The molecule has 0 atom stereocenters. The van der Waals surface area contributed by atoms with Crippen molar-refractivity contribution in [3.05, 3.63) is 45.0 Å². The third-order valence-electron chi connectivity index (χ3n) is 2.57. The van der Waals surface area contributed by atoms with Crippen LogP contribution in [0.25, 0.3) is 10.9 Å². The second kappa shape index (κ2) is 4.49. The molecule has 0 aliphatic heterocycles. The van der Waals surface area contributed by atoms with Crippen LogP contribution in [0.5, 0.6) is 0 Å². The van der Waals surface area contributed by atoms with E-state index >= 15 is 0 Å². The Balaban J connectivity index is 2.73. The molecular weight excluding hydrogens is 241 g/mol. The average Bonchev–Trinajstić information content (AvgIpc) is 2.22. The van der Waals surface area contributed by atoms with E-state index in [1.807, 2.05) is 13.8 Å². The smallest absolute Gasteiger partial charge is 0.191 e. The number of hydrogen-bond acceptors (Lipinski definition) is 1. The number of H-pyrrole nitrogens is 1. The van der Waals surface area contributed by atoms with Crippen molar-refractivity contribution >= 4 is 22.5 Å². The number of fused-ring (bicyclic) bond motifs is 1. The van der Waals surface area contributed by atoms with Crippen LogP contribution in [0.4, 0.5) is 4.39 Å². The van der Waals surface area contributed by atoms with Crippen LogP contribution in [0.1, 0.15) is 19.5 Å². The van der Waals surface area contributed by atoms with Gasteiger partial charge in [0, 0.05) is 11.8 Å². The van der Waals surface area contributed by atoms with Gasteiger partial charge >= 0.3 is 0 Å². The molecule has 0 bridgehead atoms. The SMILES string of the molecule is CC(C)Cc1cc(=O)c2c(Cl)ccc(F)c2[nH]1. The van der Waals surface area contributed by atoms with Crippen molar-refractivity contribution in [3.63, 3.8) is 0 Å². The molecule has 0 saturated carbocycles. The molecule has 1 N–H and O–H groups in total. The molecule has 1 heterocycles. The summed E-state index contributed by atoms with van der Waals surface area (Å²) in [6.45, 7) is 4.08. The Morgan fingerprint density at radius 3 is 2.76 bits per heavy atom. The first kappa shape index (κ1) is 12.1. The third kappa shape index (κ3) is 2.34. The summed E-state index contributed by atoms with van der Waals surface area (Å²) in [5.74, 6) is -0.0579. The van der Waals surface area contributed by atoms with E-state index in [0.29, 0.717) is 12.3 Å². The van der Waals surface area contributed by atoms with Crippen molar-refractivity contribution in [2.75, 3.05) is 0 Å². The van der Waals surface area contributed by atoms with E-state index in [4.69, 9.17) is 11.6 Å². The standard InChI is InChI=1S/C13H13ClFNO/c1-7(2)5-8-6-11(17)12-9(14)3-4-10(15)13(12)16-8/h3-4,6-7H,5H2,1-2H3,(H,16,17). The van der Waals surface area contributed by atoms with Crippen LogP contribution >= 0.6 is 11.6 Å². The molecule has 0 aliphatic carbocycles. The van der Waals surface area contributed by atoms with E-state index < -0.39 is 5.82 Å². The molecule has 0 fully saturated rings. The van der Waals surface area contributed by atoms with Gasteiger partial charge in [0.2, 0.25) is 0 Å². The maximum atomic E-state index is 13.6. The van der Waals surface area contributed by atoms with E-state index in [0.717, 1.165) is 5.69 Å². The summed E-state index contributed by atoms with van der Waals surface area (Å²) in [6, 6.07) is 4.16. The zero-order valence-corrected chi connectivity index (χ0v) is 10.4. The van der Waals surface area contributed by atoms with Crippen molar-refractivity contribution in [1.29, 1.82) is 0 Å². The topological polar surface area (TPSA) is 32.9 Å². The molecule has 0 radical (unpaired) electrons. The lowest BCUT2D eigenvalue weighted by molar-refractivity contribution is 0.625. The van der Waals surface area contributed by atoms with Crippen LogP contribution in [-0.4, -0.2) is 4.98 Å². The highest BCUT2D eigenvalue weighted by Crippen LogP contribution is 2.22. The second-order valence-electron chi connectivity index (χ2n) is 4.54. The highest BCUT2D eigenvalue weighted by Gasteiger charge is 2.10. The quantitative estimate of drug-likeness (QED) is 0.873. The summed E-state index contributed by atoms with van der Waals surface area (Å²) in [6.07, 6.45) is 0.705. The van der Waals surface area contributed by atoms with Crippen molar-refractivity contribution in [2.45, 2.75) is 20.3 Å². The summed E-state index contributed by atoms with van der Waals surface area (Å²) in [5, 5.41) is 0.498. The van der Waals surface area contributed by atoms with Crippen LogP contribution in [-0.2, 0) is 6.42 Å². The second-order valence-corrected chi connectivity index (χ2v) is 4.94. The zero-order valence-electron chi connectivity index (χ0n) is 9.68. The molecule has 0 aliphatic rings. The van der Waals surface area contributed by atoms with Crippen LogP contribution in [0.2, 0.25) is 5.02 Å². The van der Waals surface area contributed by atoms with E-state index in [-0.39, 0.29) is 21.4 Å². The van der Waals surface area contributed by atoms with Gasteiger partial charge < -0.3 is 4.98 Å². The molecule has 2 rings (SSSR count). The van der Waals surface area contributed by atoms with Gasteiger partial charge in [-0.3, -0.25) is 4.79 Å². The molecule has 4 heteroatoms. The minimum absolute atomic E-state index is 0.195. The summed E-state index contributed by atoms with van der Waals surface area (Å²) >= 11 is 5.91. The van der Waals surface area contributed by atoms with E-state index in [2.05, 4.69) is 4.98 Å². The largest absolute Gasteiger partial charge is 0.356 e. The van der Waals surface area contributed by atoms with Crippen LogP contribution in [0.3, 0.4) is 0 Å². The fourth-order valence-electron chi connectivity index (χ4n) is 1.89. The van der Waals surface area contributed by atoms with Crippen LogP contribution in [0.15, 0.2) is 23.0 Å². The summed E-state index contributed by atoms with van der Waals surface area (Å²) in [4.78, 5) is 14.8. The molecule has 0 saturated heterocycles. The zero-order chi connectivity index (χ0) is 12.6. The minimum atomic E-state index is -0.452. The number of aromatic nitrogens is 1. The van der Waals surface area contributed by atoms with Crippen molar-refractivity contribution in [1.82, 2.24) is 4.98 Å². The van der Waals surface area contributed by atoms with Gasteiger partial charge in [-0.1, -0.05) is 25.4 Å². The lowest BCUT2D eigenvalue weighted by Crippen LogP contribution is -2.08. The van der Waals surface area contributed by atoms with Gasteiger partial charge in [0.25, 0.3) is 0 Å². The van der Waals surface area contributed by atoms with E-state index in [1.165, 1.54) is 18.2 Å². The Hall–Kier alpha value is -1.35. The number of benzene rings is 1. The Bertz CT molecular complexity index is 619. The number of pyridine rings is 1. The first-order chi connectivity index (χ1) is 7.99. The highest BCUT2D eigenvalue weighted by molar-refractivity contribution is 6.35. The summed E-state index contributed by atoms with van der Waals surface area (Å²) in [5.41, 5.74) is 0.693. The van der Waals surface area contributed by atoms with Crippen molar-refractivity contribution in [2.24, 2.45) is 5.92 Å². The number of aromatic amines is 1. The minimum Gasteiger partial charge on any atom is -0.356 e. The van der Waals surface area contributed by atoms with E-state index in [1.54, 1.807) is 0 Å². The molecule has 0 amide bonds. The van der Waals surface area contributed by atoms with Gasteiger partial charge in [-0.25, -0.2) is 4.39 Å². The first-order valence-electron chi connectivity index (χ1n) is 5.49. The summed E-state index contributed by atoms with van der Waals surface area (Å²) in [7, 11) is 0. The molecule has 0 spiro atoms. The number of hydrogen-bond donors (Lipinski definition) is 1. The number of halogens is 2. The number of nitrogens with one attached hydrogen (secondary N) is 1. The predicted octanol–water partition coefficient (Wildman–Crippen LogP) is 3.52. The molecular formula is C13H13ClFNO. The van der Waals surface area contributed by atoms with Crippen molar-refractivity contribution < 1.29 is 4.39 Å². The predicted molar refractivity (Wildman–Crippen MR) is 68.1 cm³/mol. The Kier molecular flexibility index (Phi) is 3.20. The molecule has 0 unspecified atom stereocenters. The Labute approximate surface area is 103 Å². The third-order valence-corrected chi connectivity index (χ3v) is 2.88. The van der Waals surface area contributed by atoms with Gasteiger partial charge in [0.15, 0.2) is 5.43 Å².